The number of nitrogens with zero attached hydrogens (tertiary/aromatic N) is 1. The maximum atomic E-state index is 13.8. The number of hydrogen-bond acceptors (Lipinski definition) is 3. The van der Waals surface area contributed by atoms with Crippen LogP contribution < -0.4 is 0 Å². The van der Waals surface area contributed by atoms with Gasteiger partial charge in [0.05, 0.1) is 14.7 Å². The SMILES string of the molecule is N#CC(C(=O)c1cc(Br)c(Br)s1)c1c(F)cccc1Cl. The van der Waals surface area contributed by atoms with Crippen molar-refractivity contribution in [2.45, 2.75) is 5.92 Å². The lowest BCUT2D eigenvalue weighted by Gasteiger charge is -2.10. The van der Waals surface area contributed by atoms with Gasteiger partial charge in [0.2, 0.25) is 0 Å². The zero-order chi connectivity index (χ0) is 14.9. The number of hydrogen-bond donors (Lipinski definition) is 0. The highest BCUT2D eigenvalue weighted by atomic mass is 79.9. The van der Waals surface area contributed by atoms with E-state index in [4.69, 9.17) is 11.6 Å². The van der Waals surface area contributed by atoms with Crippen LogP contribution in [0.15, 0.2) is 32.5 Å². The van der Waals surface area contributed by atoms with Crippen molar-refractivity contribution < 1.29 is 9.18 Å². The third-order valence-corrected chi connectivity index (χ3v) is 6.17. The molecule has 2 nitrogen and oxygen atoms in total. The van der Waals surface area contributed by atoms with Crippen LogP contribution in [-0.2, 0) is 0 Å². The molecule has 0 amide bonds. The second kappa shape index (κ2) is 6.35. The minimum atomic E-state index is -1.26. The summed E-state index contributed by atoms with van der Waals surface area (Å²) in [6, 6.07) is 7.49. The average molecular weight is 438 g/mol. The number of benzene rings is 1. The van der Waals surface area contributed by atoms with E-state index in [-0.39, 0.29) is 10.6 Å². The minimum Gasteiger partial charge on any atom is -0.291 e. The largest absolute Gasteiger partial charge is 0.291 e. The van der Waals surface area contributed by atoms with Gasteiger partial charge in [-0.2, -0.15) is 5.26 Å². The van der Waals surface area contributed by atoms with Gasteiger partial charge in [0.25, 0.3) is 0 Å². The standard InChI is InChI=1S/C13H5Br2ClFNOS/c14-7-4-10(20-13(7)15)12(19)6(5-18)11-8(16)2-1-3-9(11)17/h1-4,6H. The molecule has 2 aromatic rings. The Morgan fingerprint density at radius 3 is 2.65 bits per heavy atom. The zero-order valence-electron chi connectivity index (χ0n) is 9.66. The molecule has 0 bridgehead atoms. The Morgan fingerprint density at radius 1 is 1.45 bits per heavy atom. The first-order chi connectivity index (χ1) is 9.45. The topological polar surface area (TPSA) is 40.9 Å². The fourth-order valence-corrected chi connectivity index (χ4v) is 3.93. The summed E-state index contributed by atoms with van der Waals surface area (Å²) in [7, 11) is 0. The van der Waals surface area contributed by atoms with Crippen molar-refractivity contribution in [3.63, 3.8) is 0 Å². The van der Waals surface area contributed by atoms with E-state index in [1.807, 2.05) is 6.07 Å². The monoisotopic (exact) mass is 435 g/mol. The molecule has 1 atom stereocenters. The Bertz CT molecular complexity index is 686. The third-order valence-electron chi connectivity index (χ3n) is 2.57. The van der Waals surface area contributed by atoms with Gasteiger partial charge in [-0.25, -0.2) is 4.39 Å². The highest BCUT2D eigenvalue weighted by Gasteiger charge is 2.28. The molecule has 1 heterocycles. The molecule has 0 fully saturated rings. The molecule has 0 saturated heterocycles. The van der Waals surface area contributed by atoms with Crippen LogP contribution in [0.1, 0.15) is 21.2 Å². The van der Waals surface area contributed by atoms with Gasteiger partial charge in [0, 0.05) is 15.1 Å². The Morgan fingerprint density at radius 2 is 2.15 bits per heavy atom. The van der Waals surface area contributed by atoms with Gasteiger partial charge >= 0.3 is 0 Å². The van der Waals surface area contributed by atoms with Gasteiger partial charge < -0.3 is 0 Å². The predicted molar refractivity (Wildman–Crippen MR) is 83.8 cm³/mol. The molecule has 0 spiro atoms. The number of carbonyl (C=O) groups excluding carboxylic acids is 1. The fraction of sp³-hybridized carbons (Fsp3) is 0.0769. The summed E-state index contributed by atoms with van der Waals surface area (Å²) < 4.78 is 15.3. The third kappa shape index (κ3) is 2.96. The Labute approximate surface area is 140 Å². The number of nitriles is 1. The van der Waals surface area contributed by atoms with Crippen molar-refractivity contribution in [2.75, 3.05) is 0 Å². The molecule has 2 rings (SSSR count). The van der Waals surface area contributed by atoms with E-state index in [9.17, 15) is 14.4 Å². The van der Waals surface area contributed by atoms with Crippen molar-refractivity contribution in [3.8, 4) is 6.07 Å². The van der Waals surface area contributed by atoms with Crippen LogP contribution >= 0.6 is 54.8 Å². The Kier molecular flexibility index (Phi) is 4.97. The van der Waals surface area contributed by atoms with E-state index in [2.05, 4.69) is 31.9 Å². The maximum Gasteiger partial charge on any atom is 0.194 e. The molecule has 0 aliphatic heterocycles. The van der Waals surface area contributed by atoms with Gasteiger partial charge in [0.15, 0.2) is 5.78 Å². The number of thiophene rings is 1. The van der Waals surface area contributed by atoms with E-state index in [1.165, 1.54) is 29.5 Å². The molecule has 1 aromatic heterocycles. The van der Waals surface area contributed by atoms with Crippen LogP contribution in [0.5, 0.6) is 0 Å². The second-order valence-electron chi connectivity index (χ2n) is 3.79. The average Bonchev–Trinajstić information content (AvgIpc) is 2.73. The van der Waals surface area contributed by atoms with Crippen molar-refractivity contribution in [3.05, 3.63) is 53.8 Å². The summed E-state index contributed by atoms with van der Waals surface area (Å²) in [6.07, 6.45) is 0. The van der Waals surface area contributed by atoms with Crippen LogP contribution in [0, 0.1) is 17.1 Å². The lowest BCUT2D eigenvalue weighted by molar-refractivity contribution is 0.0981. The summed E-state index contributed by atoms with van der Waals surface area (Å²) in [5.41, 5.74) is -0.0812. The number of rotatable bonds is 3. The molecule has 0 radical (unpaired) electrons. The molecule has 0 aliphatic carbocycles. The molecule has 0 saturated carbocycles. The number of carbonyl (C=O) groups is 1. The fourth-order valence-electron chi connectivity index (χ4n) is 1.65. The van der Waals surface area contributed by atoms with Crippen LogP contribution in [0.4, 0.5) is 4.39 Å². The molecular formula is C13H5Br2ClFNOS. The predicted octanol–water partition coefficient (Wildman–Crippen LogP) is 5.56. The van der Waals surface area contributed by atoms with E-state index in [0.29, 0.717) is 9.35 Å². The Hall–Kier alpha value is -0.740. The minimum absolute atomic E-state index is 0.0691. The van der Waals surface area contributed by atoms with Crippen molar-refractivity contribution >= 4 is 60.6 Å². The van der Waals surface area contributed by atoms with Crippen LogP contribution in [0.25, 0.3) is 0 Å². The number of Topliss-reactive ketones (excluding diaryl/α,β-unsaturated/α-hetero) is 1. The van der Waals surface area contributed by atoms with Gasteiger partial charge in [-0.1, -0.05) is 17.7 Å². The van der Waals surface area contributed by atoms with E-state index in [1.54, 1.807) is 6.07 Å². The molecule has 1 aromatic carbocycles. The summed E-state index contributed by atoms with van der Waals surface area (Å²) in [5.74, 6) is -2.40. The van der Waals surface area contributed by atoms with Crippen molar-refractivity contribution in [1.29, 1.82) is 5.26 Å². The normalized spacial score (nSPS) is 11.9. The summed E-state index contributed by atoms with van der Waals surface area (Å²) in [6.45, 7) is 0. The molecule has 0 aliphatic rings. The summed E-state index contributed by atoms with van der Waals surface area (Å²) in [4.78, 5) is 12.7. The van der Waals surface area contributed by atoms with Crippen molar-refractivity contribution in [1.82, 2.24) is 0 Å². The first-order valence-electron chi connectivity index (χ1n) is 5.28. The molecule has 1 unspecified atom stereocenters. The first kappa shape index (κ1) is 15.6. The van der Waals surface area contributed by atoms with E-state index in [0.717, 1.165) is 3.79 Å². The van der Waals surface area contributed by atoms with Crippen LogP contribution in [0.2, 0.25) is 5.02 Å². The quantitative estimate of drug-likeness (QED) is 0.590. The molecule has 20 heavy (non-hydrogen) atoms. The highest BCUT2D eigenvalue weighted by molar-refractivity contribution is 9.13. The maximum absolute atomic E-state index is 13.8. The highest BCUT2D eigenvalue weighted by Crippen LogP contribution is 2.36. The molecule has 102 valence electrons. The van der Waals surface area contributed by atoms with Crippen LogP contribution in [0.3, 0.4) is 0 Å². The summed E-state index contributed by atoms with van der Waals surface area (Å²) >= 11 is 13.6. The summed E-state index contributed by atoms with van der Waals surface area (Å²) in [5, 5.41) is 9.29. The van der Waals surface area contributed by atoms with Gasteiger partial charge in [-0.15, -0.1) is 11.3 Å². The first-order valence-corrected chi connectivity index (χ1v) is 8.06. The van der Waals surface area contributed by atoms with E-state index < -0.39 is 17.5 Å². The Balaban J connectivity index is 2.48. The molecule has 0 N–H and O–H groups in total. The van der Waals surface area contributed by atoms with Gasteiger partial charge in [-0.3, -0.25) is 4.79 Å². The van der Waals surface area contributed by atoms with Crippen molar-refractivity contribution in [2.24, 2.45) is 0 Å². The second-order valence-corrected chi connectivity index (χ2v) is 7.43. The molecular weight excluding hydrogens is 432 g/mol. The number of halogens is 4. The van der Waals surface area contributed by atoms with Gasteiger partial charge in [0.1, 0.15) is 11.7 Å². The number of ketones is 1. The lowest BCUT2D eigenvalue weighted by atomic mass is 9.94. The smallest absolute Gasteiger partial charge is 0.194 e. The molecule has 7 heteroatoms. The van der Waals surface area contributed by atoms with Crippen LogP contribution in [-0.4, -0.2) is 5.78 Å². The zero-order valence-corrected chi connectivity index (χ0v) is 14.4. The van der Waals surface area contributed by atoms with E-state index >= 15 is 0 Å². The lowest BCUT2D eigenvalue weighted by Crippen LogP contribution is -2.12. The van der Waals surface area contributed by atoms with Gasteiger partial charge in [-0.05, 0) is 50.1 Å².